The normalized spacial score (nSPS) is 15.3. The number of nitrogens with two attached hydrogens (primary N) is 2. The van der Waals surface area contributed by atoms with Gasteiger partial charge in [-0.3, -0.25) is 9.45 Å². The second-order valence-corrected chi connectivity index (χ2v) is 9.74. The molecule has 32 heavy (non-hydrogen) atoms. The van der Waals surface area contributed by atoms with Crippen molar-refractivity contribution in [3.8, 4) is 0 Å². The van der Waals surface area contributed by atoms with Gasteiger partial charge in [0.1, 0.15) is 5.66 Å². The summed E-state index contributed by atoms with van der Waals surface area (Å²) in [5.41, 5.74) is 15.0. The molecule has 1 heterocycles. The molecular weight excluding hydrogens is 426 g/mol. The van der Waals surface area contributed by atoms with Crippen molar-refractivity contribution in [3.63, 3.8) is 0 Å². The van der Waals surface area contributed by atoms with Crippen molar-refractivity contribution >= 4 is 27.7 Å². The first-order valence-corrected chi connectivity index (χ1v) is 12.2. The molecule has 9 heteroatoms. The monoisotopic (exact) mass is 459 g/mol. The fraction of sp³-hybridized carbons (Fsp3) is 0.391. The van der Waals surface area contributed by atoms with E-state index in [1.807, 2.05) is 24.8 Å². The van der Waals surface area contributed by atoms with Gasteiger partial charge in [-0.1, -0.05) is 42.5 Å². The predicted molar refractivity (Wildman–Crippen MR) is 131 cm³/mol. The zero-order valence-electron chi connectivity index (χ0n) is 18.9. The van der Waals surface area contributed by atoms with Crippen LogP contribution in [0.5, 0.6) is 0 Å². The number of benzene rings is 2. The van der Waals surface area contributed by atoms with Gasteiger partial charge >= 0.3 is 0 Å². The van der Waals surface area contributed by atoms with E-state index in [1.165, 1.54) is 24.5 Å². The molecule has 3 rings (SSSR count). The Labute approximate surface area is 190 Å². The van der Waals surface area contributed by atoms with Crippen LogP contribution in [0.15, 0.2) is 64.6 Å². The maximum absolute atomic E-state index is 9.56. The molecule has 1 aliphatic rings. The number of rotatable bonds is 7. The summed E-state index contributed by atoms with van der Waals surface area (Å²) in [6.07, 6.45) is 4.48. The minimum Gasteiger partial charge on any atom is -0.369 e. The van der Waals surface area contributed by atoms with Gasteiger partial charge in [0.05, 0.1) is 5.75 Å². The van der Waals surface area contributed by atoms with Gasteiger partial charge in [-0.15, -0.1) is 0 Å². The molecular formula is C23H33N5O3S. The number of anilines is 1. The van der Waals surface area contributed by atoms with E-state index < -0.39 is 15.8 Å². The van der Waals surface area contributed by atoms with Crippen LogP contribution in [0, 0.1) is 0 Å². The second-order valence-electron chi connectivity index (χ2n) is 8.00. The Balaban J connectivity index is 0.000000534. The maximum Gasteiger partial charge on any atom is 0.264 e. The van der Waals surface area contributed by atoms with E-state index in [0.717, 1.165) is 24.9 Å². The lowest BCUT2D eigenvalue weighted by atomic mass is 10.0. The molecule has 2 aromatic rings. The van der Waals surface area contributed by atoms with Crippen LogP contribution in [0.4, 0.5) is 5.69 Å². The summed E-state index contributed by atoms with van der Waals surface area (Å²) in [4.78, 5) is 10.5. The number of aliphatic imine (C=N–C) groups is 2. The van der Waals surface area contributed by atoms with Gasteiger partial charge < -0.3 is 11.5 Å². The van der Waals surface area contributed by atoms with Crippen molar-refractivity contribution in [2.45, 2.75) is 52.1 Å². The van der Waals surface area contributed by atoms with E-state index in [-0.39, 0.29) is 11.7 Å². The Morgan fingerprint density at radius 2 is 1.53 bits per heavy atom. The maximum atomic E-state index is 9.56. The molecule has 0 bridgehead atoms. The van der Waals surface area contributed by atoms with Gasteiger partial charge in [0.15, 0.2) is 0 Å². The molecule has 5 N–H and O–H groups in total. The second kappa shape index (κ2) is 11.1. The first kappa shape index (κ1) is 25.4. The summed E-state index contributed by atoms with van der Waals surface area (Å²) in [5, 5.41) is 0. The van der Waals surface area contributed by atoms with E-state index in [4.69, 9.17) is 16.0 Å². The number of guanidine groups is 2. The van der Waals surface area contributed by atoms with Gasteiger partial charge in [-0.2, -0.15) is 13.4 Å². The topological polar surface area (TPSA) is 134 Å². The van der Waals surface area contributed by atoms with Gasteiger partial charge in [0, 0.05) is 5.69 Å². The molecule has 0 aromatic heterocycles. The number of aryl methyl sites for hydroxylation is 2. The van der Waals surface area contributed by atoms with Gasteiger partial charge in [0.25, 0.3) is 10.1 Å². The molecule has 0 atom stereocenters. The van der Waals surface area contributed by atoms with Crippen LogP contribution in [0.2, 0.25) is 0 Å². The average Bonchev–Trinajstić information content (AvgIpc) is 2.71. The Kier molecular flexibility index (Phi) is 8.80. The van der Waals surface area contributed by atoms with E-state index in [0.29, 0.717) is 5.96 Å². The number of hydrogen-bond acceptors (Lipinski definition) is 7. The Morgan fingerprint density at radius 1 is 0.969 bits per heavy atom. The molecule has 174 valence electrons. The van der Waals surface area contributed by atoms with Crippen LogP contribution < -0.4 is 16.4 Å². The molecule has 0 spiro atoms. The molecule has 2 aromatic carbocycles. The largest absolute Gasteiger partial charge is 0.369 e. The fourth-order valence-electron chi connectivity index (χ4n) is 3.41. The number of hydrogen-bond donors (Lipinski definition) is 3. The average molecular weight is 460 g/mol. The summed E-state index contributed by atoms with van der Waals surface area (Å²) in [6, 6.07) is 19.1. The lowest BCUT2D eigenvalue weighted by Crippen LogP contribution is -2.54. The molecule has 0 aliphatic carbocycles. The zero-order chi connectivity index (χ0) is 23.8. The van der Waals surface area contributed by atoms with Gasteiger partial charge in [-0.25, -0.2) is 4.99 Å². The zero-order valence-corrected chi connectivity index (χ0v) is 19.7. The Morgan fingerprint density at radius 3 is 2.09 bits per heavy atom. The molecule has 0 saturated carbocycles. The Hall–Kier alpha value is -2.91. The van der Waals surface area contributed by atoms with E-state index in [9.17, 15) is 8.42 Å². The number of unbranched alkanes of at least 4 members (excludes halogenated alkanes) is 1. The quantitative estimate of drug-likeness (QED) is 0.429. The molecule has 0 amide bonds. The summed E-state index contributed by atoms with van der Waals surface area (Å²) in [5.74, 6) is 0.400. The minimum atomic E-state index is -3.66. The number of nitrogens with zero attached hydrogens (tertiary/aromatic N) is 3. The summed E-state index contributed by atoms with van der Waals surface area (Å²) >= 11 is 0. The summed E-state index contributed by atoms with van der Waals surface area (Å²) in [7, 11) is -3.66. The van der Waals surface area contributed by atoms with Crippen molar-refractivity contribution in [2.24, 2.45) is 21.5 Å². The van der Waals surface area contributed by atoms with Crippen molar-refractivity contribution < 1.29 is 13.0 Å². The standard InChI is InChI=1S/C21H27N5.C2H6O3S/c1-21(2)25-19(22)24-20(23)26(21)18-14-8-13-17(15-18)12-7-6-11-16-9-4-3-5-10-16;1-2-6(3,4)5/h3-5,8-10,13-15H,6-7,11-12H2,1-2H3,(H4,22,23,24,25);2H2,1H3,(H,3,4,5). The van der Waals surface area contributed by atoms with Crippen molar-refractivity contribution in [1.29, 1.82) is 0 Å². The highest BCUT2D eigenvalue weighted by Gasteiger charge is 2.32. The fourth-order valence-corrected chi connectivity index (χ4v) is 3.41. The Bertz CT molecular complexity index is 1050. The van der Waals surface area contributed by atoms with Crippen LogP contribution >= 0.6 is 0 Å². The summed E-state index contributed by atoms with van der Waals surface area (Å²) in [6.45, 7) is 5.33. The van der Waals surface area contributed by atoms with E-state index in [2.05, 4.69) is 58.5 Å². The van der Waals surface area contributed by atoms with Crippen molar-refractivity contribution in [1.82, 2.24) is 0 Å². The van der Waals surface area contributed by atoms with Crippen LogP contribution in [0.1, 0.15) is 44.7 Å². The smallest absolute Gasteiger partial charge is 0.264 e. The third kappa shape index (κ3) is 7.97. The van der Waals surface area contributed by atoms with E-state index >= 15 is 0 Å². The SMILES string of the molecule is CC1(C)N=C(N)N=C(N)N1c1cccc(CCCCc2ccccc2)c1.CCS(=O)(=O)O. The molecule has 8 nitrogen and oxygen atoms in total. The van der Waals surface area contributed by atoms with Crippen LogP contribution in [-0.2, 0) is 23.0 Å². The molecule has 0 unspecified atom stereocenters. The highest BCUT2D eigenvalue weighted by atomic mass is 32.2. The highest BCUT2D eigenvalue weighted by Crippen LogP contribution is 2.28. The lowest BCUT2D eigenvalue weighted by molar-refractivity contribution is 0.484. The predicted octanol–water partition coefficient (Wildman–Crippen LogP) is 3.33. The first-order chi connectivity index (χ1) is 15.0. The van der Waals surface area contributed by atoms with Crippen molar-refractivity contribution in [3.05, 3.63) is 65.7 Å². The molecule has 0 fully saturated rings. The third-order valence-electron chi connectivity index (χ3n) is 4.95. The molecule has 0 radical (unpaired) electrons. The highest BCUT2D eigenvalue weighted by molar-refractivity contribution is 7.85. The van der Waals surface area contributed by atoms with Crippen molar-refractivity contribution in [2.75, 3.05) is 10.7 Å². The van der Waals surface area contributed by atoms with Crippen LogP contribution in [-0.4, -0.2) is 36.3 Å². The van der Waals surface area contributed by atoms with E-state index in [1.54, 1.807) is 0 Å². The lowest BCUT2D eigenvalue weighted by Gasteiger charge is -2.38. The van der Waals surface area contributed by atoms with Gasteiger partial charge in [0.2, 0.25) is 11.9 Å². The minimum absolute atomic E-state index is 0.201. The van der Waals surface area contributed by atoms with Crippen LogP contribution in [0.3, 0.4) is 0 Å². The molecule has 0 saturated heterocycles. The first-order valence-electron chi connectivity index (χ1n) is 10.6. The van der Waals surface area contributed by atoms with Gasteiger partial charge in [-0.05, 0) is 69.7 Å². The summed E-state index contributed by atoms with van der Waals surface area (Å²) < 4.78 is 26.9. The third-order valence-corrected chi connectivity index (χ3v) is 5.68. The van der Waals surface area contributed by atoms with Crippen LogP contribution in [0.25, 0.3) is 0 Å². The molecule has 1 aliphatic heterocycles.